The molecule has 0 aliphatic rings. The maximum absolute atomic E-state index is 12.3. The summed E-state index contributed by atoms with van der Waals surface area (Å²) in [7, 11) is 0. The lowest BCUT2D eigenvalue weighted by molar-refractivity contribution is -0.384. The molecule has 198 valence electrons. The molecular formula is C24H28N4O9. The van der Waals surface area contributed by atoms with Crippen molar-refractivity contribution in [2.75, 3.05) is 11.9 Å². The van der Waals surface area contributed by atoms with Crippen molar-refractivity contribution in [3.8, 4) is 5.75 Å². The third-order valence-corrected chi connectivity index (χ3v) is 4.39. The third kappa shape index (κ3) is 10.6. The quantitative estimate of drug-likeness (QED) is 0.195. The zero-order chi connectivity index (χ0) is 27.6. The van der Waals surface area contributed by atoms with Gasteiger partial charge in [-0.25, -0.2) is 9.59 Å². The number of nitro groups is 1. The van der Waals surface area contributed by atoms with Gasteiger partial charge in [-0.05, 0) is 57.5 Å². The van der Waals surface area contributed by atoms with Crippen LogP contribution in [0.25, 0.3) is 0 Å². The van der Waals surface area contributed by atoms with Gasteiger partial charge < -0.3 is 30.2 Å². The van der Waals surface area contributed by atoms with Crippen molar-refractivity contribution >= 4 is 35.4 Å². The average Bonchev–Trinajstić information content (AvgIpc) is 2.81. The lowest BCUT2D eigenvalue weighted by Gasteiger charge is -2.20. The monoisotopic (exact) mass is 516 g/mol. The van der Waals surface area contributed by atoms with E-state index in [1.54, 1.807) is 45.0 Å². The first kappa shape index (κ1) is 28.6. The predicted molar refractivity (Wildman–Crippen MR) is 131 cm³/mol. The van der Waals surface area contributed by atoms with Gasteiger partial charge in [0.1, 0.15) is 30.5 Å². The molecule has 1 atom stereocenters. The first-order valence-electron chi connectivity index (χ1n) is 11.1. The van der Waals surface area contributed by atoms with Crippen LogP contribution < -0.4 is 20.7 Å². The molecule has 2 rings (SSSR count). The number of non-ortho nitro benzene ring substituents is 1. The van der Waals surface area contributed by atoms with E-state index in [4.69, 9.17) is 14.2 Å². The standard InChI is InChI=1S/C24H28N4O9/c1-15(26-20(29)13-25-22(31)37-24(2,3)4)21(30)27-17-7-5-16(6-8-17)14-35-23(32)36-19-11-9-18(10-12-19)28(33)34/h5-12,15H,13-14H2,1-4H3,(H,25,31)(H,26,29)(H,27,30). The lowest BCUT2D eigenvalue weighted by Crippen LogP contribution is -2.46. The Bertz CT molecular complexity index is 1130. The van der Waals surface area contributed by atoms with Crippen LogP contribution in [0.5, 0.6) is 5.75 Å². The molecule has 0 fully saturated rings. The van der Waals surface area contributed by atoms with Crippen molar-refractivity contribution in [1.82, 2.24) is 10.6 Å². The summed E-state index contributed by atoms with van der Waals surface area (Å²) in [6.07, 6.45) is -1.74. The van der Waals surface area contributed by atoms with E-state index in [1.165, 1.54) is 31.2 Å². The Morgan fingerprint density at radius 1 is 1.00 bits per heavy atom. The molecule has 2 aromatic carbocycles. The largest absolute Gasteiger partial charge is 0.514 e. The molecule has 0 radical (unpaired) electrons. The molecule has 0 aliphatic heterocycles. The number of nitrogens with zero attached hydrogens (tertiary/aromatic N) is 1. The van der Waals surface area contributed by atoms with Crippen molar-refractivity contribution in [2.45, 2.75) is 45.9 Å². The Balaban J connectivity index is 1.74. The van der Waals surface area contributed by atoms with E-state index in [9.17, 15) is 29.3 Å². The molecular weight excluding hydrogens is 488 g/mol. The van der Waals surface area contributed by atoms with Gasteiger partial charge in [0.15, 0.2) is 0 Å². The van der Waals surface area contributed by atoms with Gasteiger partial charge in [0.2, 0.25) is 11.8 Å². The van der Waals surface area contributed by atoms with E-state index in [0.29, 0.717) is 11.3 Å². The molecule has 0 saturated heterocycles. The number of ether oxygens (including phenoxy) is 3. The maximum atomic E-state index is 12.3. The number of carbonyl (C=O) groups is 4. The SMILES string of the molecule is CC(NC(=O)CNC(=O)OC(C)(C)C)C(=O)Nc1ccc(COC(=O)Oc2ccc([N+](=O)[O-])cc2)cc1. The van der Waals surface area contributed by atoms with Crippen LogP contribution in [0.4, 0.5) is 21.0 Å². The number of carbonyl (C=O) groups excluding carboxylic acids is 4. The van der Waals surface area contributed by atoms with Crippen LogP contribution in [0.3, 0.4) is 0 Å². The molecule has 0 spiro atoms. The van der Waals surface area contributed by atoms with Gasteiger partial charge in [0.05, 0.1) is 4.92 Å². The van der Waals surface area contributed by atoms with Crippen molar-refractivity contribution < 1.29 is 38.3 Å². The minimum Gasteiger partial charge on any atom is -0.444 e. The van der Waals surface area contributed by atoms with Crippen LogP contribution in [-0.4, -0.2) is 47.2 Å². The van der Waals surface area contributed by atoms with Gasteiger partial charge in [-0.3, -0.25) is 19.7 Å². The second kappa shape index (κ2) is 12.9. The molecule has 3 amide bonds. The summed E-state index contributed by atoms with van der Waals surface area (Å²) in [4.78, 5) is 57.8. The molecule has 3 N–H and O–H groups in total. The molecule has 13 heteroatoms. The lowest BCUT2D eigenvalue weighted by atomic mass is 10.2. The summed E-state index contributed by atoms with van der Waals surface area (Å²) in [5.41, 5.74) is 0.205. The first-order valence-corrected chi connectivity index (χ1v) is 11.1. The fraction of sp³-hybridized carbons (Fsp3) is 0.333. The Hall–Kier alpha value is -4.68. The molecule has 0 saturated carbocycles. The summed E-state index contributed by atoms with van der Waals surface area (Å²) < 4.78 is 15.0. The number of nitrogens with one attached hydrogen (secondary N) is 3. The summed E-state index contributed by atoms with van der Waals surface area (Å²) >= 11 is 0. The number of hydrogen-bond donors (Lipinski definition) is 3. The molecule has 1 unspecified atom stereocenters. The number of anilines is 1. The van der Waals surface area contributed by atoms with Gasteiger partial charge in [-0.15, -0.1) is 0 Å². The number of alkyl carbamates (subject to hydrolysis) is 1. The van der Waals surface area contributed by atoms with Crippen LogP contribution >= 0.6 is 0 Å². The summed E-state index contributed by atoms with van der Waals surface area (Å²) in [6.45, 7) is 6.09. The third-order valence-electron chi connectivity index (χ3n) is 4.39. The summed E-state index contributed by atoms with van der Waals surface area (Å²) in [5.74, 6) is -0.960. The zero-order valence-electron chi connectivity index (χ0n) is 20.7. The fourth-order valence-electron chi connectivity index (χ4n) is 2.66. The second-order valence-corrected chi connectivity index (χ2v) is 8.72. The minimum absolute atomic E-state index is 0.0930. The number of hydrogen-bond acceptors (Lipinski definition) is 9. The van der Waals surface area contributed by atoms with Crippen LogP contribution in [0.1, 0.15) is 33.3 Å². The van der Waals surface area contributed by atoms with E-state index in [1.807, 2.05) is 0 Å². The van der Waals surface area contributed by atoms with Crippen molar-refractivity contribution in [2.24, 2.45) is 0 Å². The molecule has 0 bridgehead atoms. The van der Waals surface area contributed by atoms with Crippen molar-refractivity contribution in [3.05, 3.63) is 64.2 Å². The zero-order valence-corrected chi connectivity index (χ0v) is 20.7. The number of nitro benzene ring substituents is 1. The van der Waals surface area contributed by atoms with Crippen LogP contribution in [0.2, 0.25) is 0 Å². The van der Waals surface area contributed by atoms with E-state index < -0.39 is 40.6 Å². The molecule has 0 heterocycles. The van der Waals surface area contributed by atoms with Gasteiger partial charge >= 0.3 is 12.2 Å². The molecule has 37 heavy (non-hydrogen) atoms. The normalized spacial score (nSPS) is 11.5. The topological polar surface area (TPSA) is 175 Å². The van der Waals surface area contributed by atoms with E-state index in [-0.39, 0.29) is 24.6 Å². The van der Waals surface area contributed by atoms with Gasteiger partial charge in [0.25, 0.3) is 5.69 Å². The highest BCUT2D eigenvalue weighted by Gasteiger charge is 2.19. The average molecular weight is 517 g/mol. The maximum Gasteiger partial charge on any atom is 0.514 e. The summed E-state index contributed by atoms with van der Waals surface area (Å²) in [5, 5.41) is 18.1. The Morgan fingerprint density at radius 2 is 1.62 bits per heavy atom. The van der Waals surface area contributed by atoms with Crippen LogP contribution in [0.15, 0.2) is 48.5 Å². The van der Waals surface area contributed by atoms with Crippen LogP contribution in [0, 0.1) is 10.1 Å². The number of benzene rings is 2. The van der Waals surface area contributed by atoms with E-state index >= 15 is 0 Å². The molecule has 13 nitrogen and oxygen atoms in total. The summed E-state index contributed by atoms with van der Waals surface area (Å²) in [6, 6.07) is 10.4. The van der Waals surface area contributed by atoms with Gasteiger partial charge in [-0.2, -0.15) is 0 Å². The first-order chi connectivity index (χ1) is 17.3. The Kier molecular flexibility index (Phi) is 9.92. The highest BCUT2D eigenvalue weighted by atomic mass is 16.7. The molecule has 0 aromatic heterocycles. The number of rotatable bonds is 9. The van der Waals surface area contributed by atoms with Gasteiger partial charge in [-0.1, -0.05) is 12.1 Å². The smallest absolute Gasteiger partial charge is 0.444 e. The molecule has 2 aromatic rings. The van der Waals surface area contributed by atoms with E-state index in [2.05, 4.69) is 16.0 Å². The highest BCUT2D eigenvalue weighted by Crippen LogP contribution is 2.18. The van der Waals surface area contributed by atoms with Crippen molar-refractivity contribution in [3.63, 3.8) is 0 Å². The number of amides is 3. The Morgan fingerprint density at radius 3 is 2.19 bits per heavy atom. The fourth-order valence-corrected chi connectivity index (χ4v) is 2.66. The Labute approximate surface area is 212 Å². The van der Waals surface area contributed by atoms with E-state index in [0.717, 1.165) is 0 Å². The predicted octanol–water partition coefficient (Wildman–Crippen LogP) is 3.28. The highest BCUT2D eigenvalue weighted by molar-refractivity contribution is 5.97. The van der Waals surface area contributed by atoms with Crippen LogP contribution in [-0.2, 0) is 25.7 Å². The molecule has 0 aliphatic carbocycles. The van der Waals surface area contributed by atoms with Gasteiger partial charge in [0, 0.05) is 17.8 Å². The minimum atomic E-state index is -0.989. The second-order valence-electron chi connectivity index (χ2n) is 8.72. The van der Waals surface area contributed by atoms with Crippen molar-refractivity contribution in [1.29, 1.82) is 0 Å².